The molecule has 0 fully saturated rings. The van der Waals surface area contributed by atoms with Crippen molar-refractivity contribution in [3.63, 3.8) is 0 Å². The van der Waals surface area contributed by atoms with Gasteiger partial charge in [0.1, 0.15) is 6.61 Å². The van der Waals surface area contributed by atoms with E-state index in [4.69, 9.17) is 25.8 Å². The number of carbonyl (C=O) groups is 2. The summed E-state index contributed by atoms with van der Waals surface area (Å²) in [7, 11) is 0. The lowest BCUT2D eigenvalue weighted by Crippen LogP contribution is -2.36. The van der Waals surface area contributed by atoms with Crippen molar-refractivity contribution in [1.29, 1.82) is 0 Å². The number of nitrogens with one attached hydrogen (secondary N) is 1. The molecular formula is C28H28ClNO5S. The van der Waals surface area contributed by atoms with Crippen LogP contribution in [0.4, 0.5) is 0 Å². The highest BCUT2D eigenvalue weighted by Gasteiger charge is 2.42. The van der Waals surface area contributed by atoms with Crippen LogP contribution in [0.2, 0.25) is 5.02 Å². The molecule has 5 rings (SSSR count). The number of halogens is 1. The zero-order valence-corrected chi connectivity index (χ0v) is 21.8. The highest BCUT2D eigenvalue weighted by Crippen LogP contribution is 2.48. The molecule has 36 heavy (non-hydrogen) atoms. The highest BCUT2D eigenvalue weighted by molar-refractivity contribution is 7.99. The molecule has 2 atom stereocenters. The maximum Gasteiger partial charge on any atom is 0.336 e. The number of dihydropyridines is 1. The monoisotopic (exact) mass is 525 g/mol. The van der Waals surface area contributed by atoms with Gasteiger partial charge in [-0.25, -0.2) is 4.79 Å². The molecule has 0 radical (unpaired) electrons. The van der Waals surface area contributed by atoms with Crippen LogP contribution in [0.1, 0.15) is 49.7 Å². The maximum atomic E-state index is 13.7. The lowest BCUT2D eigenvalue weighted by atomic mass is 9.71. The molecule has 2 aromatic carbocycles. The largest absolute Gasteiger partial charge is 0.461 e. The maximum absolute atomic E-state index is 13.7. The Morgan fingerprint density at radius 1 is 1.17 bits per heavy atom. The molecule has 2 heterocycles. The predicted molar refractivity (Wildman–Crippen MR) is 141 cm³/mol. The molecule has 0 saturated heterocycles. The van der Waals surface area contributed by atoms with Crippen molar-refractivity contribution in [1.82, 2.24) is 5.32 Å². The van der Waals surface area contributed by atoms with Gasteiger partial charge in [-0.15, -0.1) is 0 Å². The van der Waals surface area contributed by atoms with Crippen LogP contribution in [0.5, 0.6) is 11.5 Å². The van der Waals surface area contributed by atoms with Gasteiger partial charge in [-0.3, -0.25) is 4.79 Å². The molecule has 3 aliphatic rings. The van der Waals surface area contributed by atoms with Crippen LogP contribution in [0.3, 0.4) is 0 Å². The van der Waals surface area contributed by atoms with Gasteiger partial charge in [-0.1, -0.05) is 42.8 Å². The van der Waals surface area contributed by atoms with Crippen molar-refractivity contribution in [3.8, 4) is 11.5 Å². The van der Waals surface area contributed by atoms with Crippen LogP contribution in [0, 0.1) is 0 Å². The molecule has 0 amide bonds. The first-order chi connectivity index (χ1) is 17.5. The first-order valence-electron chi connectivity index (χ1n) is 12.1. The average molecular weight is 526 g/mol. The number of Topliss-reactive ketones (excluding diaryl/α,β-unsaturated/α-hetero) is 1. The molecule has 0 bridgehead atoms. The number of esters is 1. The van der Waals surface area contributed by atoms with Crippen LogP contribution < -0.4 is 14.8 Å². The van der Waals surface area contributed by atoms with Gasteiger partial charge in [0.2, 0.25) is 6.79 Å². The molecule has 1 aliphatic carbocycles. The van der Waals surface area contributed by atoms with Crippen LogP contribution in [-0.4, -0.2) is 36.7 Å². The first-order valence-corrected chi connectivity index (χ1v) is 13.6. The van der Waals surface area contributed by atoms with E-state index in [-0.39, 0.29) is 18.5 Å². The number of hydrogen-bond donors (Lipinski definition) is 1. The van der Waals surface area contributed by atoms with Gasteiger partial charge in [0.05, 0.1) is 5.57 Å². The van der Waals surface area contributed by atoms with Gasteiger partial charge in [-0.05, 0) is 54.3 Å². The molecule has 1 N–H and O–H groups in total. The summed E-state index contributed by atoms with van der Waals surface area (Å²) in [6.07, 6.45) is 0.943. The number of carbonyl (C=O) groups excluding carboxylic acids is 2. The fourth-order valence-electron chi connectivity index (χ4n) is 5.18. The van der Waals surface area contributed by atoms with E-state index >= 15 is 0 Å². The Morgan fingerprint density at radius 3 is 2.78 bits per heavy atom. The summed E-state index contributed by atoms with van der Waals surface area (Å²) in [5.74, 6) is 1.93. The first kappa shape index (κ1) is 24.8. The summed E-state index contributed by atoms with van der Waals surface area (Å²) in [4.78, 5) is 27.1. The Morgan fingerprint density at radius 2 is 1.97 bits per heavy atom. The quantitative estimate of drug-likeness (QED) is 0.365. The predicted octanol–water partition coefficient (Wildman–Crippen LogP) is 5.73. The van der Waals surface area contributed by atoms with Crippen molar-refractivity contribution in [3.05, 3.63) is 81.2 Å². The van der Waals surface area contributed by atoms with Crippen molar-refractivity contribution < 1.29 is 23.8 Å². The number of rotatable bonds is 7. The lowest BCUT2D eigenvalue weighted by molar-refractivity contribution is -0.138. The third kappa shape index (κ3) is 4.74. The number of fused-ring (bicyclic) bond motifs is 1. The normalized spacial score (nSPS) is 20.8. The van der Waals surface area contributed by atoms with E-state index in [1.807, 2.05) is 49.4 Å². The van der Waals surface area contributed by atoms with E-state index in [1.54, 1.807) is 11.8 Å². The Bertz CT molecular complexity index is 1270. The summed E-state index contributed by atoms with van der Waals surface area (Å²) in [6.45, 7) is 4.40. The van der Waals surface area contributed by atoms with Crippen molar-refractivity contribution in [2.45, 2.75) is 38.5 Å². The zero-order valence-electron chi connectivity index (χ0n) is 20.3. The summed E-state index contributed by atoms with van der Waals surface area (Å²) < 4.78 is 16.7. The smallest absolute Gasteiger partial charge is 0.336 e. The molecule has 0 unspecified atom stereocenters. The van der Waals surface area contributed by atoms with E-state index in [0.717, 1.165) is 28.3 Å². The van der Waals surface area contributed by atoms with Crippen LogP contribution >= 0.6 is 23.4 Å². The summed E-state index contributed by atoms with van der Waals surface area (Å²) in [6, 6.07) is 13.2. The van der Waals surface area contributed by atoms with E-state index < -0.39 is 11.9 Å². The Balaban J connectivity index is 1.54. The zero-order chi connectivity index (χ0) is 25.2. The van der Waals surface area contributed by atoms with Crippen LogP contribution in [0.25, 0.3) is 0 Å². The Kier molecular flexibility index (Phi) is 7.30. The van der Waals surface area contributed by atoms with Gasteiger partial charge in [0.25, 0.3) is 0 Å². The molecule has 8 heteroatoms. The molecule has 188 valence electrons. The van der Waals surface area contributed by atoms with Gasteiger partial charge in [0, 0.05) is 40.1 Å². The van der Waals surface area contributed by atoms with Gasteiger partial charge < -0.3 is 19.5 Å². The standard InChI is InChI=1S/C28H28ClNO5S/c1-3-36-11-10-33-28(32)25-16(2)30-21-12-18(19-6-4-5-7-20(19)29)13-22(31)27(21)26(25)17-8-9-23-24(14-17)35-15-34-23/h4-9,14,18,26,30H,3,10-13,15H2,1-2H3/t18-,26+/m1/s1. The van der Waals surface area contributed by atoms with Crippen LogP contribution in [-0.2, 0) is 14.3 Å². The molecule has 0 spiro atoms. The second-order valence-electron chi connectivity index (χ2n) is 8.98. The highest BCUT2D eigenvalue weighted by atomic mass is 35.5. The lowest BCUT2D eigenvalue weighted by Gasteiger charge is -2.37. The number of ether oxygens (including phenoxy) is 3. The molecule has 0 aromatic heterocycles. The minimum atomic E-state index is -0.554. The van der Waals surface area contributed by atoms with Gasteiger partial charge >= 0.3 is 5.97 Å². The minimum absolute atomic E-state index is 0.00400. The Labute approximate surface area is 220 Å². The van der Waals surface area contributed by atoms with E-state index in [9.17, 15) is 9.59 Å². The molecule has 0 saturated carbocycles. The number of ketones is 1. The van der Waals surface area contributed by atoms with Crippen molar-refractivity contribution in [2.24, 2.45) is 0 Å². The second-order valence-corrected chi connectivity index (χ2v) is 10.8. The van der Waals surface area contributed by atoms with E-state index in [0.29, 0.717) is 52.8 Å². The topological polar surface area (TPSA) is 73.9 Å². The third-order valence-electron chi connectivity index (χ3n) is 6.79. The Hall–Kier alpha value is -2.90. The van der Waals surface area contributed by atoms with Gasteiger partial charge in [0.15, 0.2) is 17.3 Å². The summed E-state index contributed by atoms with van der Waals surface area (Å²) in [5.41, 5.74) is 4.34. The molecule has 6 nitrogen and oxygen atoms in total. The number of hydrogen-bond acceptors (Lipinski definition) is 7. The minimum Gasteiger partial charge on any atom is -0.461 e. The molecule has 2 aromatic rings. The fourth-order valence-corrected chi connectivity index (χ4v) is 5.96. The molecule has 2 aliphatic heterocycles. The van der Waals surface area contributed by atoms with Gasteiger partial charge in [-0.2, -0.15) is 11.8 Å². The number of thioether (sulfide) groups is 1. The average Bonchev–Trinajstić information content (AvgIpc) is 3.34. The van der Waals surface area contributed by atoms with E-state index in [1.165, 1.54) is 0 Å². The van der Waals surface area contributed by atoms with Crippen molar-refractivity contribution >= 4 is 35.1 Å². The van der Waals surface area contributed by atoms with Crippen LogP contribution in [0.15, 0.2) is 65.0 Å². The summed E-state index contributed by atoms with van der Waals surface area (Å²) >= 11 is 8.19. The summed E-state index contributed by atoms with van der Waals surface area (Å²) in [5, 5.41) is 4.04. The third-order valence-corrected chi connectivity index (χ3v) is 8.00. The second kappa shape index (κ2) is 10.6. The van der Waals surface area contributed by atoms with E-state index in [2.05, 4.69) is 12.2 Å². The van der Waals surface area contributed by atoms with Crippen molar-refractivity contribution in [2.75, 3.05) is 24.9 Å². The molecular weight excluding hydrogens is 498 g/mol. The number of benzene rings is 2. The number of allylic oxidation sites excluding steroid dienone is 3. The fraction of sp³-hybridized carbons (Fsp3) is 0.357. The SMILES string of the molecule is CCSCCOC(=O)C1=C(C)NC2=C(C(=O)C[C@H](c3ccccc3Cl)C2)[C@H]1c1ccc2c(c1)OCO2.